The molecule has 0 radical (unpaired) electrons. The molecule has 1 aromatic rings. The summed E-state index contributed by atoms with van der Waals surface area (Å²) in [5.41, 5.74) is 8.69. The van der Waals surface area contributed by atoms with Crippen LogP contribution in [0.15, 0.2) is 18.2 Å². The van der Waals surface area contributed by atoms with Gasteiger partial charge in [-0.3, -0.25) is 5.41 Å². The number of nitrogen functional groups attached to an aromatic ring is 1. The number of nitrogens with zero attached hydrogens (tertiary/aromatic N) is 1. The van der Waals surface area contributed by atoms with E-state index in [1.54, 1.807) is 0 Å². The second-order valence-electron chi connectivity index (χ2n) is 5.04. The van der Waals surface area contributed by atoms with Crippen LogP contribution in [0.2, 0.25) is 0 Å². The van der Waals surface area contributed by atoms with Crippen molar-refractivity contribution in [3.63, 3.8) is 0 Å². The fraction of sp³-hybridized carbons (Fsp3) is 0.500. The predicted octanol–water partition coefficient (Wildman–Crippen LogP) is 2.76. The summed E-state index contributed by atoms with van der Waals surface area (Å²) in [6.45, 7) is 7.48. The standard InChI is InChI=1S/C14H23N3/c1-10(2)7-8-17(4)13-9-11(3)5-6-12(13)14(15)16/h5-6,9-10H,7-8H2,1-4H3,(H3,15,16). The zero-order valence-corrected chi connectivity index (χ0v) is 11.2. The van der Waals surface area contributed by atoms with E-state index in [-0.39, 0.29) is 5.84 Å². The van der Waals surface area contributed by atoms with Gasteiger partial charge in [0.25, 0.3) is 0 Å². The fourth-order valence-electron chi connectivity index (χ4n) is 1.76. The quantitative estimate of drug-likeness (QED) is 0.607. The molecule has 0 fully saturated rings. The third-order valence-electron chi connectivity index (χ3n) is 2.90. The number of benzene rings is 1. The molecule has 0 aromatic heterocycles. The van der Waals surface area contributed by atoms with Crippen LogP contribution in [0, 0.1) is 18.3 Å². The van der Waals surface area contributed by atoms with Gasteiger partial charge in [-0.05, 0) is 37.0 Å². The second-order valence-corrected chi connectivity index (χ2v) is 5.04. The Kier molecular flexibility index (Phi) is 4.55. The van der Waals surface area contributed by atoms with Crippen molar-refractivity contribution in [3.8, 4) is 0 Å². The van der Waals surface area contributed by atoms with E-state index >= 15 is 0 Å². The van der Waals surface area contributed by atoms with Crippen molar-refractivity contribution in [1.29, 1.82) is 5.41 Å². The highest BCUT2D eigenvalue weighted by Crippen LogP contribution is 2.21. The highest BCUT2D eigenvalue weighted by molar-refractivity contribution is 6.00. The average Bonchev–Trinajstić information content (AvgIpc) is 2.25. The molecule has 1 aromatic carbocycles. The van der Waals surface area contributed by atoms with Crippen LogP contribution in [0.5, 0.6) is 0 Å². The van der Waals surface area contributed by atoms with E-state index in [1.165, 1.54) is 5.56 Å². The molecule has 0 heterocycles. The van der Waals surface area contributed by atoms with E-state index in [0.717, 1.165) is 24.2 Å². The van der Waals surface area contributed by atoms with Crippen LogP contribution in [0.25, 0.3) is 0 Å². The van der Waals surface area contributed by atoms with Crippen LogP contribution in [0.4, 0.5) is 5.69 Å². The maximum absolute atomic E-state index is 7.61. The summed E-state index contributed by atoms with van der Waals surface area (Å²) in [4.78, 5) is 2.18. The Labute approximate surface area is 104 Å². The Hall–Kier alpha value is -1.51. The normalized spacial score (nSPS) is 10.6. The minimum absolute atomic E-state index is 0.136. The molecule has 0 unspecified atom stereocenters. The molecule has 0 spiro atoms. The van der Waals surface area contributed by atoms with E-state index in [9.17, 15) is 0 Å². The maximum Gasteiger partial charge on any atom is 0.124 e. The van der Waals surface area contributed by atoms with Gasteiger partial charge >= 0.3 is 0 Å². The first-order valence-electron chi connectivity index (χ1n) is 6.08. The van der Waals surface area contributed by atoms with Crippen LogP contribution in [-0.4, -0.2) is 19.4 Å². The van der Waals surface area contributed by atoms with Crippen molar-refractivity contribution in [1.82, 2.24) is 0 Å². The molecule has 0 aliphatic heterocycles. The minimum Gasteiger partial charge on any atom is -0.384 e. The molecule has 0 aliphatic carbocycles. The summed E-state index contributed by atoms with van der Waals surface area (Å²) in [7, 11) is 2.06. The average molecular weight is 233 g/mol. The van der Waals surface area contributed by atoms with Crippen molar-refractivity contribution < 1.29 is 0 Å². The first-order valence-corrected chi connectivity index (χ1v) is 6.08. The number of rotatable bonds is 5. The molecule has 3 nitrogen and oxygen atoms in total. The molecular weight excluding hydrogens is 210 g/mol. The Morgan fingerprint density at radius 3 is 2.59 bits per heavy atom. The summed E-state index contributed by atoms with van der Waals surface area (Å²) >= 11 is 0. The van der Waals surface area contributed by atoms with E-state index < -0.39 is 0 Å². The molecule has 17 heavy (non-hydrogen) atoms. The molecular formula is C14H23N3. The lowest BCUT2D eigenvalue weighted by Gasteiger charge is -2.23. The monoisotopic (exact) mass is 233 g/mol. The van der Waals surface area contributed by atoms with E-state index in [1.807, 2.05) is 12.1 Å². The smallest absolute Gasteiger partial charge is 0.124 e. The Bertz CT molecular complexity index is 396. The van der Waals surface area contributed by atoms with Gasteiger partial charge in [0.2, 0.25) is 0 Å². The zero-order valence-electron chi connectivity index (χ0n) is 11.2. The first-order chi connectivity index (χ1) is 7.91. The maximum atomic E-state index is 7.61. The van der Waals surface area contributed by atoms with Crippen LogP contribution in [-0.2, 0) is 0 Å². The zero-order chi connectivity index (χ0) is 13.0. The van der Waals surface area contributed by atoms with Gasteiger partial charge in [0, 0.05) is 24.8 Å². The summed E-state index contributed by atoms with van der Waals surface area (Å²) < 4.78 is 0. The molecule has 0 aliphatic rings. The number of hydrogen-bond donors (Lipinski definition) is 2. The fourth-order valence-corrected chi connectivity index (χ4v) is 1.76. The van der Waals surface area contributed by atoms with Crippen molar-refractivity contribution in [2.45, 2.75) is 27.2 Å². The van der Waals surface area contributed by atoms with E-state index in [2.05, 4.69) is 38.8 Å². The van der Waals surface area contributed by atoms with Gasteiger partial charge in [-0.15, -0.1) is 0 Å². The number of nitrogens with two attached hydrogens (primary N) is 1. The van der Waals surface area contributed by atoms with Crippen LogP contribution < -0.4 is 10.6 Å². The summed E-state index contributed by atoms with van der Waals surface area (Å²) in [6, 6.07) is 6.02. The van der Waals surface area contributed by atoms with Gasteiger partial charge in [-0.2, -0.15) is 0 Å². The molecule has 3 heteroatoms. The Morgan fingerprint density at radius 1 is 1.41 bits per heavy atom. The molecule has 0 amide bonds. The minimum atomic E-state index is 0.136. The molecule has 0 atom stereocenters. The van der Waals surface area contributed by atoms with Crippen molar-refractivity contribution in [3.05, 3.63) is 29.3 Å². The molecule has 3 N–H and O–H groups in total. The topological polar surface area (TPSA) is 53.1 Å². The van der Waals surface area contributed by atoms with Gasteiger partial charge in [0.15, 0.2) is 0 Å². The van der Waals surface area contributed by atoms with Crippen molar-refractivity contribution in [2.24, 2.45) is 11.7 Å². The largest absolute Gasteiger partial charge is 0.384 e. The van der Waals surface area contributed by atoms with Gasteiger partial charge in [-0.1, -0.05) is 19.9 Å². The third-order valence-corrected chi connectivity index (χ3v) is 2.90. The molecule has 0 saturated carbocycles. The molecule has 94 valence electrons. The number of anilines is 1. The Morgan fingerprint density at radius 2 is 2.06 bits per heavy atom. The summed E-state index contributed by atoms with van der Waals surface area (Å²) in [6.07, 6.45) is 1.14. The van der Waals surface area contributed by atoms with Gasteiger partial charge in [0.05, 0.1) is 0 Å². The van der Waals surface area contributed by atoms with Gasteiger partial charge in [-0.25, -0.2) is 0 Å². The third kappa shape index (κ3) is 3.77. The highest BCUT2D eigenvalue weighted by atomic mass is 15.1. The Balaban J connectivity index is 2.94. The number of amidine groups is 1. The summed E-state index contributed by atoms with van der Waals surface area (Å²) in [5, 5.41) is 7.61. The lowest BCUT2D eigenvalue weighted by atomic mass is 10.1. The van der Waals surface area contributed by atoms with Crippen LogP contribution >= 0.6 is 0 Å². The van der Waals surface area contributed by atoms with E-state index in [4.69, 9.17) is 11.1 Å². The summed E-state index contributed by atoms with van der Waals surface area (Å²) in [5.74, 6) is 0.819. The lowest BCUT2D eigenvalue weighted by Crippen LogP contribution is -2.24. The lowest BCUT2D eigenvalue weighted by molar-refractivity contribution is 0.585. The molecule has 0 bridgehead atoms. The van der Waals surface area contributed by atoms with Crippen LogP contribution in [0.1, 0.15) is 31.4 Å². The van der Waals surface area contributed by atoms with E-state index in [0.29, 0.717) is 5.92 Å². The molecule has 0 saturated heterocycles. The molecule has 1 rings (SSSR count). The van der Waals surface area contributed by atoms with Crippen molar-refractivity contribution >= 4 is 11.5 Å². The first kappa shape index (κ1) is 13.6. The van der Waals surface area contributed by atoms with Gasteiger partial charge < -0.3 is 10.6 Å². The van der Waals surface area contributed by atoms with Crippen molar-refractivity contribution in [2.75, 3.05) is 18.5 Å². The number of aryl methyl sites for hydroxylation is 1. The number of nitrogens with one attached hydrogen (secondary N) is 1. The number of hydrogen-bond acceptors (Lipinski definition) is 2. The predicted molar refractivity (Wildman–Crippen MR) is 74.9 cm³/mol. The highest BCUT2D eigenvalue weighted by Gasteiger charge is 2.10. The second kappa shape index (κ2) is 5.71. The van der Waals surface area contributed by atoms with Crippen LogP contribution in [0.3, 0.4) is 0 Å². The van der Waals surface area contributed by atoms with Gasteiger partial charge in [0.1, 0.15) is 5.84 Å². The SMILES string of the molecule is Cc1ccc(C(=N)N)c(N(C)CCC(C)C)c1.